The van der Waals surface area contributed by atoms with Crippen LogP contribution in [0.15, 0.2) is 12.1 Å². The summed E-state index contributed by atoms with van der Waals surface area (Å²) in [5.41, 5.74) is 0.987. The third-order valence-corrected chi connectivity index (χ3v) is 5.52. The zero-order valence-corrected chi connectivity index (χ0v) is 15.8. The van der Waals surface area contributed by atoms with Crippen LogP contribution in [0.3, 0.4) is 0 Å². The minimum atomic E-state index is -0.200. The second kappa shape index (κ2) is 7.15. The lowest BCUT2D eigenvalue weighted by molar-refractivity contribution is -0.118. The largest absolute Gasteiger partial charge is 0.493 e. The van der Waals surface area contributed by atoms with E-state index in [0.29, 0.717) is 22.7 Å². The summed E-state index contributed by atoms with van der Waals surface area (Å²) in [7, 11) is 6.40. The fourth-order valence-corrected chi connectivity index (χ4v) is 3.82. The number of carbonyl (C=O) groups excluding carboxylic acids is 2. The van der Waals surface area contributed by atoms with Crippen LogP contribution in [0.1, 0.15) is 29.6 Å². The highest BCUT2D eigenvalue weighted by Gasteiger charge is 2.57. The molecular weight excluding hydrogens is 334 g/mol. The van der Waals surface area contributed by atoms with Gasteiger partial charge in [0.15, 0.2) is 11.5 Å². The zero-order valence-electron chi connectivity index (χ0n) is 15.8. The summed E-state index contributed by atoms with van der Waals surface area (Å²) < 4.78 is 10.6. The lowest BCUT2D eigenvalue weighted by Gasteiger charge is -2.23. The van der Waals surface area contributed by atoms with Gasteiger partial charge in [-0.15, -0.1) is 0 Å². The molecule has 142 valence electrons. The molecule has 2 fully saturated rings. The first-order chi connectivity index (χ1) is 12.4. The van der Waals surface area contributed by atoms with Crippen molar-refractivity contribution in [3.05, 3.63) is 17.7 Å². The number of piperidine rings is 1. The van der Waals surface area contributed by atoms with Crippen molar-refractivity contribution >= 4 is 17.5 Å². The van der Waals surface area contributed by atoms with E-state index in [2.05, 4.69) is 10.6 Å². The van der Waals surface area contributed by atoms with Gasteiger partial charge in [0.1, 0.15) is 0 Å². The average Bonchev–Trinajstić information content (AvgIpc) is 3.34. The molecule has 0 aromatic heterocycles. The van der Waals surface area contributed by atoms with Crippen LogP contribution in [0.4, 0.5) is 5.69 Å². The van der Waals surface area contributed by atoms with E-state index in [-0.39, 0.29) is 23.1 Å². The molecule has 1 aliphatic carbocycles. The van der Waals surface area contributed by atoms with Crippen LogP contribution in [0.5, 0.6) is 11.5 Å². The first-order valence-electron chi connectivity index (χ1n) is 8.91. The molecule has 1 aromatic carbocycles. The van der Waals surface area contributed by atoms with Gasteiger partial charge in [-0.25, -0.2) is 0 Å². The maximum Gasteiger partial charge on any atom is 0.255 e. The smallest absolute Gasteiger partial charge is 0.255 e. The quantitative estimate of drug-likeness (QED) is 0.835. The first-order valence-corrected chi connectivity index (χ1v) is 8.91. The molecule has 3 rings (SSSR count). The van der Waals surface area contributed by atoms with Crippen molar-refractivity contribution in [2.24, 2.45) is 11.3 Å². The van der Waals surface area contributed by atoms with Crippen molar-refractivity contribution in [1.82, 2.24) is 10.2 Å². The van der Waals surface area contributed by atoms with Crippen LogP contribution in [0.2, 0.25) is 0 Å². The fourth-order valence-electron chi connectivity index (χ4n) is 3.82. The normalized spacial score (nSPS) is 20.4. The molecule has 26 heavy (non-hydrogen) atoms. The first kappa shape index (κ1) is 18.5. The van der Waals surface area contributed by atoms with Crippen LogP contribution < -0.4 is 20.1 Å². The van der Waals surface area contributed by atoms with E-state index in [1.165, 1.54) is 19.1 Å². The fraction of sp³-hybridized carbons (Fsp3) is 0.579. The second-order valence-electron chi connectivity index (χ2n) is 7.31. The number of methoxy groups -OCH3 is 2. The van der Waals surface area contributed by atoms with Crippen molar-refractivity contribution in [3.8, 4) is 11.5 Å². The minimum Gasteiger partial charge on any atom is -0.493 e. The molecule has 7 nitrogen and oxygen atoms in total. The van der Waals surface area contributed by atoms with Crippen molar-refractivity contribution in [2.75, 3.05) is 46.7 Å². The van der Waals surface area contributed by atoms with E-state index >= 15 is 0 Å². The maximum absolute atomic E-state index is 12.8. The SMILES string of the molecule is COc1cc(NC(=O)C2CC23CCNCC3)c(C(=O)N(C)C)cc1OC. The molecule has 1 saturated carbocycles. The Bertz CT molecular complexity index is 711. The van der Waals surface area contributed by atoms with Gasteiger partial charge >= 0.3 is 0 Å². The van der Waals surface area contributed by atoms with E-state index in [4.69, 9.17) is 9.47 Å². The summed E-state index contributed by atoms with van der Waals surface area (Å²) in [6.45, 7) is 1.93. The van der Waals surface area contributed by atoms with Crippen molar-refractivity contribution < 1.29 is 19.1 Å². The zero-order chi connectivity index (χ0) is 18.9. The summed E-state index contributed by atoms with van der Waals surface area (Å²) in [4.78, 5) is 26.9. The summed E-state index contributed by atoms with van der Waals surface area (Å²) in [5.74, 6) is 0.725. The van der Waals surface area contributed by atoms with Crippen molar-refractivity contribution in [2.45, 2.75) is 19.3 Å². The van der Waals surface area contributed by atoms with Crippen molar-refractivity contribution in [1.29, 1.82) is 0 Å². The molecule has 1 aliphatic heterocycles. The van der Waals surface area contributed by atoms with Gasteiger partial charge in [0.2, 0.25) is 5.91 Å². The molecule has 1 spiro atoms. The van der Waals surface area contributed by atoms with E-state index in [1.54, 1.807) is 26.2 Å². The number of hydrogen-bond acceptors (Lipinski definition) is 5. The van der Waals surface area contributed by atoms with Gasteiger partial charge in [0, 0.05) is 26.1 Å². The highest BCUT2D eigenvalue weighted by Crippen LogP contribution is 2.58. The summed E-state index contributed by atoms with van der Waals surface area (Å²) in [5, 5.41) is 6.30. The Kier molecular flexibility index (Phi) is 5.09. The Labute approximate surface area is 154 Å². The number of nitrogens with zero attached hydrogens (tertiary/aromatic N) is 1. The van der Waals surface area contributed by atoms with Gasteiger partial charge in [0.05, 0.1) is 25.5 Å². The number of rotatable bonds is 5. The molecule has 0 radical (unpaired) electrons. The molecule has 7 heteroatoms. The van der Waals surface area contributed by atoms with E-state index in [9.17, 15) is 9.59 Å². The van der Waals surface area contributed by atoms with Gasteiger partial charge in [-0.05, 0) is 43.8 Å². The van der Waals surface area contributed by atoms with Crippen LogP contribution >= 0.6 is 0 Å². The molecule has 1 unspecified atom stereocenters. The number of amides is 2. The number of nitrogens with one attached hydrogen (secondary N) is 2. The molecule has 0 bridgehead atoms. The Balaban J connectivity index is 1.86. The van der Waals surface area contributed by atoms with Crippen LogP contribution in [-0.4, -0.2) is 58.1 Å². The summed E-state index contributed by atoms with van der Waals surface area (Å²) in [6, 6.07) is 3.27. The Hall–Kier alpha value is -2.28. The number of benzene rings is 1. The number of ether oxygens (including phenoxy) is 2. The molecule has 1 aromatic rings. The topological polar surface area (TPSA) is 79.9 Å². The van der Waals surface area contributed by atoms with Crippen LogP contribution in [0.25, 0.3) is 0 Å². The standard InChI is InChI=1S/C19H27N3O4/c1-22(2)18(24)12-9-15(25-3)16(26-4)10-14(12)21-17(23)13-11-19(13)5-7-20-8-6-19/h9-10,13,20H,5-8,11H2,1-4H3,(H,21,23). The minimum absolute atomic E-state index is 0.0139. The lowest BCUT2D eigenvalue weighted by atomic mass is 9.91. The summed E-state index contributed by atoms with van der Waals surface area (Å²) in [6.07, 6.45) is 2.98. The Morgan fingerprint density at radius 2 is 1.77 bits per heavy atom. The van der Waals surface area contributed by atoms with E-state index < -0.39 is 0 Å². The highest BCUT2D eigenvalue weighted by atomic mass is 16.5. The number of hydrogen-bond donors (Lipinski definition) is 2. The third kappa shape index (κ3) is 3.35. The molecular formula is C19H27N3O4. The van der Waals surface area contributed by atoms with Gasteiger partial charge in [-0.2, -0.15) is 0 Å². The Morgan fingerprint density at radius 1 is 1.15 bits per heavy atom. The van der Waals surface area contributed by atoms with Crippen LogP contribution in [0, 0.1) is 11.3 Å². The summed E-state index contributed by atoms with van der Waals surface area (Å²) >= 11 is 0. The average molecular weight is 361 g/mol. The van der Waals surface area contributed by atoms with Gasteiger partial charge in [-0.1, -0.05) is 0 Å². The maximum atomic E-state index is 12.8. The number of anilines is 1. The molecule has 1 saturated heterocycles. The second-order valence-corrected chi connectivity index (χ2v) is 7.31. The van der Waals surface area contributed by atoms with Gasteiger partial charge in [0.25, 0.3) is 5.91 Å². The molecule has 2 aliphatic rings. The predicted molar refractivity (Wildman–Crippen MR) is 98.8 cm³/mol. The monoisotopic (exact) mass is 361 g/mol. The lowest BCUT2D eigenvalue weighted by Crippen LogP contribution is -2.32. The molecule has 1 atom stereocenters. The van der Waals surface area contributed by atoms with E-state index in [0.717, 1.165) is 32.4 Å². The van der Waals surface area contributed by atoms with Crippen LogP contribution in [-0.2, 0) is 4.79 Å². The number of carbonyl (C=O) groups is 2. The Morgan fingerprint density at radius 3 is 2.35 bits per heavy atom. The van der Waals surface area contributed by atoms with E-state index in [1.807, 2.05) is 0 Å². The highest BCUT2D eigenvalue weighted by molar-refractivity contribution is 6.05. The predicted octanol–water partition coefficient (Wildman–Crippen LogP) is 1.73. The molecule has 1 heterocycles. The molecule has 2 amide bonds. The molecule has 2 N–H and O–H groups in total. The third-order valence-electron chi connectivity index (χ3n) is 5.52. The van der Waals surface area contributed by atoms with Gasteiger partial charge in [-0.3, -0.25) is 9.59 Å². The van der Waals surface area contributed by atoms with Crippen molar-refractivity contribution in [3.63, 3.8) is 0 Å². The van der Waals surface area contributed by atoms with Gasteiger partial charge < -0.3 is 25.0 Å².